The Morgan fingerprint density at radius 2 is 1.55 bits per heavy atom. The first-order chi connectivity index (χ1) is 13.9. The van der Waals surface area contributed by atoms with Crippen molar-refractivity contribution in [2.45, 2.75) is 0 Å². The number of aliphatic imine (C=N–C) groups is 1. The van der Waals surface area contributed by atoms with Crippen LogP contribution in [0.1, 0.15) is 10.4 Å². The number of carbonyl (C=O) groups excluding carboxylic acids is 1. The molecule has 150 valence electrons. The zero-order valence-electron chi connectivity index (χ0n) is 16.1. The summed E-state index contributed by atoms with van der Waals surface area (Å²) in [6.45, 7) is 0. The molecule has 2 aromatic carbocycles. The van der Waals surface area contributed by atoms with Gasteiger partial charge in [-0.1, -0.05) is 18.2 Å². The van der Waals surface area contributed by atoms with Crippen molar-refractivity contribution in [1.29, 1.82) is 0 Å². The number of guanidine groups is 1. The average Bonchev–Trinajstić information content (AvgIpc) is 2.72. The van der Waals surface area contributed by atoms with Crippen LogP contribution in [0.3, 0.4) is 0 Å². The van der Waals surface area contributed by atoms with Gasteiger partial charge in [0.1, 0.15) is 0 Å². The van der Waals surface area contributed by atoms with Crippen LogP contribution in [0.15, 0.2) is 52.4 Å². The van der Waals surface area contributed by atoms with Gasteiger partial charge in [-0.25, -0.2) is 0 Å². The zero-order valence-corrected chi connectivity index (χ0v) is 16.1. The largest absolute Gasteiger partial charge is 0.493 e. The van der Waals surface area contributed by atoms with Gasteiger partial charge in [0.05, 0.1) is 32.6 Å². The Balaban J connectivity index is 2.37. The lowest BCUT2D eigenvalue weighted by molar-refractivity contribution is 0.100. The van der Waals surface area contributed by atoms with E-state index >= 15 is 0 Å². The van der Waals surface area contributed by atoms with Gasteiger partial charge in [-0.2, -0.15) is 4.99 Å². The second-order valence-electron chi connectivity index (χ2n) is 5.99. The summed E-state index contributed by atoms with van der Waals surface area (Å²) < 4.78 is 17.3. The SMILES string of the molecule is COc1cc(-n2cc(C(=O)N=C(N)N)c3ccccc3c2=O)cc(OC)c1OC. The van der Waals surface area contributed by atoms with Crippen molar-refractivity contribution in [3.8, 4) is 22.9 Å². The van der Waals surface area contributed by atoms with E-state index in [0.717, 1.165) is 0 Å². The summed E-state index contributed by atoms with van der Waals surface area (Å²) in [5.74, 6) is 0.0643. The number of amides is 1. The zero-order chi connectivity index (χ0) is 21.1. The Morgan fingerprint density at radius 3 is 2.07 bits per heavy atom. The van der Waals surface area contributed by atoms with E-state index in [-0.39, 0.29) is 17.1 Å². The molecule has 3 aromatic rings. The highest BCUT2D eigenvalue weighted by molar-refractivity contribution is 6.10. The van der Waals surface area contributed by atoms with Gasteiger partial charge in [-0.3, -0.25) is 14.2 Å². The van der Waals surface area contributed by atoms with E-state index < -0.39 is 5.91 Å². The van der Waals surface area contributed by atoms with Gasteiger partial charge in [0.2, 0.25) is 5.75 Å². The number of hydrogen-bond acceptors (Lipinski definition) is 5. The molecule has 0 fully saturated rings. The molecule has 9 heteroatoms. The molecule has 0 aliphatic heterocycles. The van der Waals surface area contributed by atoms with Crippen LogP contribution in [0, 0.1) is 0 Å². The van der Waals surface area contributed by atoms with Crippen molar-refractivity contribution in [3.05, 3.63) is 58.5 Å². The van der Waals surface area contributed by atoms with Crippen LogP contribution in [0.4, 0.5) is 0 Å². The molecule has 1 aromatic heterocycles. The molecule has 0 atom stereocenters. The third-order valence-corrected chi connectivity index (χ3v) is 4.31. The fourth-order valence-electron chi connectivity index (χ4n) is 3.04. The molecule has 0 spiro atoms. The molecular weight excluding hydrogens is 376 g/mol. The van der Waals surface area contributed by atoms with Crippen molar-refractivity contribution >= 4 is 22.6 Å². The van der Waals surface area contributed by atoms with Crippen LogP contribution in [0.2, 0.25) is 0 Å². The van der Waals surface area contributed by atoms with Crippen molar-refractivity contribution < 1.29 is 19.0 Å². The number of methoxy groups -OCH3 is 3. The van der Waals surface area contributed by atoms with Crippen LogP contribution in [-0.4, -0.2) is 37.8 Å². The molecule has 1 heterocycles. The molecule has 0 saturated heterocycles. The molecule has 0 aliphatic rings. The highest BCUT2D eigenvalue weighted by Gasteiger charge is 2.19. The van der Waals surface area contributed by atoms with Gasteiger partial charge in [-0.05, 0) is 6.07 Å². The standard InChI is InChI=1S/C20H20N4O5/c1-27-15-8-11(9-16(28-2)17(15)29-3)24-10-14(18(25)23-20(21)22)12-6-4-5-7-13(12)19(24)26/h4-10H,1-3H3,(H4,21,22,23,25). The number of aromatic nitrogens is 1. The summed E-state index contributed by atoms with van der Waals surface area (Å²) in [5, 5.41) is 0.772. The van der Waals surface area contributed by atoms with Crippen LogP contribution in [0.25, 0.3) is 16.5 Å². The first kappa shape index (κ1) is 19.7. The second-order valence-corrected chi connectivity index (χ2v) is 5.99. The lowest BCUT2D eigenvalue weighted by Crippen LogP contribution is -2.25. The maximum absolute atomic E-state index is 13.1. The smallest absolute Gasteiger partial charge is 0.282 e. The summed E-state index contributed by atoms with van der Waals surface area (Å²) in [7, 11) is 4.42. The summed E-state index contributed by atoms with van der Waals surface area (Å²) in [4.78, 5) is 29.3. The van der Waals surface area contributed by atoms with Crippen molar-refractivity contribution in [2.24, 2.45) is 16.5 Å². The van der Waals surface area contributed by atoms with Gasteiger partial charge >= 0.3 is 0 Å². The Morgan fingerprint density at radius 1 is 0.966 bits per heavy atom. The number of benzene rings is 2. The van der Waals surface area contributed by atoms with Crippen LogP contribution < -0.4 is 31.2 Å². The molecule has 0 bridgehead atoms. The van der Waals surface area contributed by atoms with Crippen molar-refractivity contribution in [3.63, 3.8) is 0 Å². The number of nitrogens with two attached hydrogens (primary N) is 2. The van der Waals surface area contributed by atoms with Gasteiger partial charge in [-0.15, -0.1) is 0 Å². The molecule has 1 amide bonds. The predicted octanol–water partition coefficient (Wildman–Crippen LogP) is 1.43. The number of rotatable bonds is 5. The average molecular weight is 396 g/mol. The van der Waals surface area contributed by atoms with Crippen molar-refractivity contribution in [2.75, 3.05) is 21.3 Å². The highest BCUT2D eigenvalue weighted by Crippen LogP contribution is 2.39. The second kappa shape index (κ2) is 7.93. The molecule has 4 N–H and O–H groups in total. The number of hydrogen-bond donors (Lipinski definition) is 2. The molecule has 0 aliphatic carbocycles. The van der Waals surface area contributed by atoms with E-state index in [1.165, 1.54) is 32.1 Å². The molecular formula is C20H20N4O5. The molecule has 0 radical (unpaired) electrons. The third kappa shape index (κ3) is 3.57. The lowest BCUT2D eigenvalue weighted by atomic mass is 10.1. The summed E-state index contributed by atoms with van der Waals surface area (Å²) in [5.41, 5.74) is 10.9. The maximum atomic E-state index is 13.1. The van der Waals surface area contributed by atoms with Gasteiger partial charge < -0.3 is 25.7 Å². The number of fused-ring (bicyclic) bond motifs is 1. The lowest BCUT2D eigenvalue weighted by Gasteiger charge is -2.16. The van der Waals surface area contributed by atoms with E-state index in [4.69, 9.17) is 25.7 Å². The van der Waals surface area contributed by atoms with Crippen LogP contribution in [-0.2, 0) is 0 Å². The van der Waals surface area contributed by atoms with Crippen LogP contribution in [0.5, 0.6) is 17.2 Å². The molecule has 0 saturated carbocycles. The quantitative estimate of drug-likeness (QED) is 0.493. The first-order valence-corrected chi connectivity index (χ1v) is 8.50. The fraction of sp³-hybridized carbons (Fsp3) is 0.150. The number of pyridine rings is 1. The third-order valence-electron chi connectivity index (χ3n) is 4.31. The Labute approximate surface area is 166 Å². The molecule has 3 rings (SSSR count). The summed E-state index contributed by atoms with van der Waals surface area (Å²) in [6, 6.07) is 9.92. The van der Waals surface area contributed by atoms with E-state index in [9.17, 15) is 9.59 Å². The van der Waals surface area contributed by atoms with Gasteiger partial charge in [0.25, 0.3) is 11.5 Å². The van der Waals surface area contributed by atoms with E-state index in [2.05, 4.69) is 4.99 Å². The monoisotopic (exact) mass is 396 g/mol. The van der Waals surface area contributed by atoms with Crippen LogP contribution >= 0.6 is 0 Å². The minimum absolute atomic E-state index is 0.169. The Kier molecular flexibility index (Phi) is 5.40. The number of nitrogens with zero attached hydrogens (tertiary/aromatic N) is 2. The number of ether oxygens (including phenoxy) is 3. The summed E-state index contributed by atoms with van der Waals surface area (Å²) in [6.07, 6.45) is 1.39. The van der Waals surface area contributed by atoms with E-state index in [0.29, 0.717) is 33.7 Å². The first-order valence-electron chi connectivity index (χ1n) is 8.50. The van der Waals surface area contributed by atoms with Crippen molar-refractivity contribution in [1.82, 2.24) is 4.57 Å². The van der Waals surface area contributed by atoms with E-state index in [1.54, 1.807) is 36.4 Å². The number of carbonyl (C=O) groups is 1. The topological polar surface area (TPSA) is 131 Å². The van der Waals surface area contributed by atoms with E-state index in [1.807, 2.05) is 0 Å². The Hall–Kier alpha value is -4.01. The minimum atomic E-state index is -0.664. The Bertz CT molecular complexity index is 1150. The highest BCUT2D eigenvalue weighted by atomic mass is 16.5. The fourth-order valence-corrected chi connectivity index (χ4v) is 3.04. The van der Waals surface area contributed by atoms with Gasteiger partial charge in [0.15, 0.2) is 17.5 Å². The predicted molar refractivity (Wildman–Crippen MR) is 109 cm³/mol. The minimum Gasteiger partial charge on any atom is -0.493 e. The molecule has 29 heavy (non-hydrogen) atoms. The maximum Gasteiger partial charge on any atom is 0.282 e. The molecule has 9 nitrogen and oxygen atoms in total. The normalized spacial score (nSPS) is 10.4. The molecule has 0 unspecified atom stereocenters. The summed E-state index contributed by atoms with van der Waals surface area (Å²) >= 11 is 0. The van der Waals surface area contributed by atoms with Gasteiger partial charge in [0, 0.05) is 29.1 Å².